The van der Waals surface area contributed by atoms with Crippen LogP contribution in [0.15, 0.2) is 36.4 Å². The summed E-state index contributed by atoms with van der Waals surface area (Å²) in [5.41, 5.74) is 5.00. The summed E-state index contributed by atoms with van der Waals surface area (Å²) in [7, 11) is 3.32. The van der Waals surface area contributed by atoms with E-state index >= 15 is 0 Å². The molecular weight excluding hydrogens is 352 g/mol. The van der Waals surface area contributed by atoms with Gasteiger partial charge in [-0.25, -0.2) is 0 Å². The molecule has 2 aromatic rings. The van der Waals surface area contributed by atoms with Crippen molar-refractivity contribution in [2.75, 3.05) is 27.3 Å². The zero-order valence-electron chi connectivity index (χ0n) is 17.2. The molecule has 5 heteroatoms. The average molecular weight is 383 g/mol. The summed E-state index contributed by atoms with van der Waals surface area (Å²) < 4.78 is 11.0. The maximum absolute atomic E-state index is 11.9. The molecule has 0 aromatic heterocycles. The number of methoxy groups -OCH3 is 2. The number of rotatable bonds is 7. The van der Waals surface area contributed by atoms with Crippen molar-refractivity contribution < 1.29 is 14.3 Å². The molecular formula is C23H30N2O3. The van der Waals surface area contributed by atoms with E-state index in [1.165, 1.54) is 22.3 Å². The molecule has 150 valence electrons. The van der Waals surface area contributed by atoms with Gasteiger partial charge in [0.1, 0.15) is 0 Å². The molecule has 1 unspecified atom stereocenters. The molecule has 3 rings (SSSR count). The highest BCUT2D eigenvalue weighted by molar-refractivity contribution is 5.75. The Balaban J connectivity index is 1.92. The fourth-order valence-electron chi connectivity index (χ4n) is 3.77. The van der Waals surface area contributed by atoms with Crippen molar-refractivity contribution in [3.05, 3.63) is 58.7 Å². The van der Waals surface area contributed by atoms with E-state index in [-0.39, 0.29) is 11.9 Å². The summed E-state index contributed by atoms with van der Waals surface area (Å²) in [5.74, 6) is 1.55. The Morgan fingerprint density at radius 2 is 1.82 bits per heavy atom. The van der Waals surface area contributed by atoms with Crippen LogP contribution in [0.4, 0.5) is 0 Å². The molecule has 1 N–H and O–H groups in total. The first-order valence-corrected chi connectivity index (χ1v) is 9.86. The minimum Gasteiger partial charge on any atom is -0.493 e. The highest BCUT2D eigenvalue weighted by atomic mass is 16.5. The molecule has 28 heavy (non-hydrogen) atoms. The first-order chi connectivity index (χ1) is 13.5. The molecule has 0 saturated carbocycles. The second-order valence-electron chi connectivity index (χ2n) is 7.29. The number of fused-ring (bicyclic) bond motifs is 1. The summed E-state index contributed by atoms with van der Waals surface area (Å²) in [4.78, 5) is 14.4. The lowest BCUT2D eigenvalue weighted by Crippen LogP contribution is -2.41. The normalized spacial score (nSPS) is 16.4. The Hall–Kier alpha value is -2.53. The lowest BCUT2D eigenvalue weighted by molar-refractivity contribution is -0.121. The largest absolute Gasteiger partial charge is 0.493 e. The van der Waals surface area contributed by atoms with Crippen LogP contribution in [0.5, 0.6) is 11.5 Å². The van der Waals surface area contributed by atoms with E-state index < -0.39 is 0 Å². The Bertz CT molecular complexity index is 817. The molecule has 1 amide bonds. The zero-order valence-corrected chi connectivity index (χ0v) is 17.2. The van der Waals surface area contributed by atoms with Crippen LogP contribution in [0.25, 0.3) is 0 Å². The van der Waals surface area contributed by atoms with E-state index in [9.17, 15) is 4.79 Å². The molecule has 2 aromatic carbocycles. The minimum atomic E-state index is 0.0721. The Morgan fingerprint density at radius 3 is 2.46 bits per heavy atom. The van der Waals surface area contributed by atoms with Crippen molar-refractivity contribution in [1.29, 1.82) is 0 Å². The number of amides is 1. The lowest BCUT2D eigenvalue weighted by atomic mass is 9.91. The van der Waals surface area contributed by atoms with Crippen LogP contribution in [0.3, 0.4) is 0 Å². The van der Waals surface area contributed by atoms with Gasteiger partial charge in [0.25, 0.3) is 0 Å². The maximum atomic E-state index is 11.9. The SMILES string of the molecule is CCC(=O)NCC1c2cc(OC)c(OC)cc2CCN1Cc1ccc(C)cc1. The van der Waals surface area contributed by atoms with Gasteiger partial charge in [0.15, 0.2) is 11.5 Å². The van der Waals surface area contributed by atoms with E-state index in [4.69, 9.17) is 9.47 Å². The first-order valence-electron chi connectivity index (χ1n) is 9.86. The van der Waals surface area contributed by atoms with Crippen LogP contribution >= 0.6 is 0 Å². The molecule has 5 nitrogen and oxygen atoms in total. The van der Waals surface area contributed by atoms with E-state index in [2.05, 4.69) is 53.5 Å². The molecule has 0 saturated heterocycles. The highest BCUT2D eigenvalue weighted by Crippen LogP contribution is 2.38. The van der Waals surface area contributed by atoms with Crippen molar-refractivity contribution in [3.63, 3.8) is 0 Å². The zero-order chi connectivity index (χ0) is 20.1. The number of ether oxygens (including phenoxy) is 2. The van der Waals surface area contributed by atoms with Gasteiger partial charge < -0.3 is 14.8 Å². The monoisotopic (exact) mass is 382 g/mol. The fraction of sp³-hybridized carbons (Fsp3) is 0.435. The predicted octanol–water partition coefficient (Wildman–Crippen LogP) is 3.64. The summed E-state index contributed by atoms with van der Waals surface area (Å²) in [6.45, 7) is 6.34. The molecule has 0 spiro atoms. The van der Waals surface area contributed by atoms with Gasteiger partial charge in [-0.2, -0.15) is 0 Å². The van der Waals surface area contributed by atoms with E-state index in [0.29, 0.717) is 13.0 Å². The Morgan fingerprint density at radius 1 is 1.14 bits per heavy atom. The predicted molar refractivity (Wildman–Crippen MR) is 111 cm³/mol. The quantitative estimate of drug-likeness (QED) is 0.794. The van der Waals surface area contributed by atoms with Gasteiger partial charge in [0.2, 0.25) is 5.91 Å². The average Bonchev–Trinajstić information content (AvgIpc) is 2.73. The molecule has 1 atom stereocenters. The smallest absolute Gasteiger partial charge is 0.219 e. The van der Waals surface area contributed by atoms with E-state index in [1.807, 2.05) is 6.92 Å². The summed E-state index contributed by atoms with van der Waals surface area (Å²) in [5, 5.41) is 3.08. The second kappa shape index (κ2) is 9.11. The third-order valence-corrected chi connectivity index (χ3v) is 5.43. The van der Waals surface area contributed by atoms with Crippen LogP contribution < -0.4 is 14.8 Å². The van der Waals surface area contributed by atoms with Gasteiger partial charge in [-0.3, -0.25) is 9.69 Å². The van der Waals surface area contributed by atoms with E-state index in [1.54, 1.807) is 14.2 Å². The standard InChI is InChI=1S/C23H30N2O3/c1-5-23(26)24-14-20-19-13-22(28-4)21(27-3)12-18(19)10-11-25(20)15-17-8-6-16(2)7-9-17/h6-9,12-13,20H,5,10-11,14-15H2,1-4H3,(H,24,26). The highest BCUT2D eigenvalue weighted by Gasteiger charge is 2.29. The number of aryl methyl sites for hydroxylation is 1. The maximum Gasteiger partial charge on any atom is 0.219 e. The van der Waals surface area contributed by atoms with Gasteiger partial charge in [0, 0.05) is 26.1 Å². The van der Waals surface area contributed by atoms with Gasteiger partial charge in [-0.15, -0.1) is 0 Å². The number of nitrogens with one attached hydrogen (secondary N) is 1. The Kier molecular flexibility index (Phi) is 6.57. The van der Waals surface area contributed by atoms with Crippen molar-refractivity contribution in [3.8, 4) is 11.5 Å². The van der Waals surface area contributed by atoms with Gasteiger partial charge >= 0.3 is 0 Å². The summed E-state index contributed by atoms with van der Waals surface area (Å²) >= 11 is 0. The first kappa shape index (κ1) is 20.2. The fourth-order valence-corrected chi connectivity index (χ4v) is 3.77. The van der Waals surface area contributed by atoms with Gasteiger partial charge in [-0.1, -0.05) is 36.8 Å². The van der Waals surface area contributed by atoms with Crippen molar-refractivity contribution in [2.24, 2.45) is 0 Å². The van der Waals surface area contributed by atoms with E-state index in [0.717, 1.165) is 31.0 Å². The van der Waals surface area contributed by atoms with Gasteiger partial charge in [0.05, 0.1) is 20.3 Å². The number of benzene rings is 2. The molecule has 1 aliphatic rings. The number of carbonyl (C=O) groups is 1. The van der Waals surface area contributed by atoms with Crippen LogP contribution in [-0.4, -0.2) is 38.1 Å². The van der Waals surface area contributed by atoms with Crippen LogP contribution in [0.1, 0.15) is 41.6 Å². The Labute approximate surface area is 167 Å². The van der Waals surface area contributed by atoms with Crippen LogP contribution in [-0.2, 0) is 17.8 Å². The third-order valence-electron chi connectivity index (χ3n) is 5.43. The molecule has 0 aliphatic carbocycles. The van der Waals surface area contributed by atoms with Crippen molar-refractivity contribution >= 4 is 5.91 Å². The van der Waals surface area contributed by atoms with Crippen molar-refractivity contribution in [2.45, 2.75) is 39.3 Å². The van der Waals surface area contributed by atoms with Gasteiger partial charge in [-0.05, 0) is 42.2 Å². The lowest BCUT2D eigenvalue weighted by Gasteiger charge is -2.38. The molecule has 0 bridgehead atoms. The number of carbonyl (C=O) groups excluding carboxylic acids is 1. The molecule has 1 aliphatic heterocycles. The third kappa shape index (κ3) is 4.47. The molecule has 0 fully saturated rings. The summed E-state index contributed by atoms with van der Waals surface area (Å²) in [6.07, 6.45) is 1.43. The molecule has 1 heterocycles. The summed E-state index contributed by atoms with van der Waals surface area (Å²) in [6, 6.07) is 12.9. The van der Waals surface area contributed by atoms with Crippen molar-refractivity contribution in [1.82, 2.24) is 10.2 Å². The second-order valence-corrected chi connectivity index (χ2v) is 7.29. The number of hydrogen-bond donors (Lipinski definition) is 1. The topological polar surface area (TPSA) is 50.8 Å². The van der Waals surface area contributed by atoms with Crippen LogP contribution in [0.2, 0.25) is 0 Å². The van der Waals surface area contributed by atoms with Crippen LogP contribution in [0, 0.1) is 6.92 Å². The molecule has 0 radical (unpaired) electrons. The number of nitrogens with zero attached hydrogens (tertiary/aromatic N) is 1. The number of hydrogen-bond acceptors (Lipinski definition) is 4. The minimum absolute atomic E-state index is 0.0721.